The maximum absolute atomic E-state index is 12.0. The minimum absolute atomic E-state index is 0.0152. The molecule has 22 heavy (non-hydrogen) atoms. The molecule has 2 N–H and O–H groups in total. The molecule has 0 bridgehead atoms. The highest BCUT2D eigenvalue weighted by Crippen LogP contribution is 2.39. The summed E-state index contributed by atoms with van der Waals surface area (Å²) in [5.41, 5.74) is 0. The zero-order valence-corrected chi connectivity index (χ0v) is 13.2. The summed E-state index contributed by atoms with van der Waals surface area (Å²) in [4.78, 5) is 24.0. The second-order valence-electron chi connectivity index (χ2n) is 6.44. The van der Waals surface area contributed by atoms with Crippen LogP contribution in [0.25, 0.3) is 0 Å². The number of rotatable bonds is 5. The molecule has 3 rings (SSSR count). The molecule has 8 heteroatoms. The fraction of sp³-hybridized carbons (Fsp3) is 0.857. The topological polar surface area (TPSA) is 102 Å². The number of sulfone groups is 1. The summed E-state index contributed by atoms with van der Waals surface area (Å²) in [5.74, 6) is -0.740. The predicted molar refractivity (Wildman–Crippen MR) is 78.8 cm³/mol. The SMILES string of the molecule is O=C(NCC1CCCO1)C1CC1C(=O)NC1CCS(=O)(=O)C1. The molecule has 3 fully saturated rings. The fourth-order valence-electron chi connectivity index (χ4n) is 3.14. The number of carbonyl (C=O) groups excluding carboxylic acids is 2. The average molecular weight is 330 g/mol. The normalized spacial score (nSPS) is 36.0. The van der Waals surface area contributed by atoms with E-state index in [1.54, 1.807) is 0 Å². The van der Waals surface area contributed by atoms with Crippen molar-refractivity contribution < 1.29 is 22.7 Å². The summed E-state index contributed by atoms with van der Waals surface area (Å²) in [5, 5.41) is 5.59. The molecule has 1 saturated carbocycles. The first-order chi connectivity index (χ1) is 10.4. The Bertz CT molecular complexity index is 556. The van der Waals surface area contributed by atoms with Gasteiger partial charge in [-0.1, -0.05) is 0 Å². The van der Waals surface area contributed by atoms with Gasteiger partial charge < -0.3 is 15.4 Å². The number of ether oxygens (including phenoxy) is 1. The summed E-state index contributed by atoms with van der Waals surface area (Å²) in [6.45, 7) is 1.25. The van der Waals surface area contributed by atoms with Crippen LogP contribution < -0.4 is 10.6 Å². The van der Waals surface area contributed by atoms with E-state index in [1.165, 1.54) is 0 Å². The molecule has 7 nitrogen and oxygen atoms in total. The molecule has 4 atom stereocenters. The van der Waals surface area contributed by atoms with Crippen molar-refractivity contribution in [3.05, 3.63) is 0 Å². The molecule has 1 aliphatic carbocycles. The van der Waals surface area contributed by atoms with Gasteiger partial charge in [0, 0.05) is 19.2 Å². The molecular formula is C14H22N2O5S. The lowest BCUT2D eigenvalue weighted by Crippen LogP contribution is -2.38. The maximum atomic E-state index is 12.0. The lowest BCUT2D eigenvalue weighted by Gasteiger charge is -2.12. The smallest absolute Gasteiger partial charge is 0.224 e. The third kappa shape index (κ3) is 3.78. The highest BCUT2D eigenvalue weighted by Gasteiger charge is 2.48. The van der Waals surface area contributed by atoms with Crippen LogP contribution in [0.4, 0.5) is 0 Å². The van der Waals surface area contributed by atoms with Crippen molar-refractivity contribution in [1.29, 1.82) is 0 Å². The summed E-state index contributed by atoms with van der Waals surface area (Å²) in [7, 11) is -3.00. The number of hydrogen-bond donors (Lipinski definition) is 2. The van der Waals surface area contributed by atoms with Crippen molar-refractivity contribution in [3.8, 4) is 0 Å². The molecule has 2 aliphatic heterocycles. The van der Waals surface area contributed by atoms with Crippen molar-refractivity contribution in [2.45, 2.75) is 37.8 Å². The van der Waals surface area contributed by atoms with E-state index in [9.17, 15) is 18.0 Å². The van der Waals surface area contributed by atoms with Gasteiger partial charge in [0.2, 0.25) is 11.8 Å². The van der Waals surface area contributed by atoms with Crippen LogP contribution in [0.3, 0.4) is 0 Å². The van der Waals surface area contributed by atoms with Crippen molar-refractivity contribution >= 4 is 21.7 Å². The largest absolute Gasteiger partial charge is 0.376 e. The zero-order chi connectivity index (χ0) is 15.7. The third-order valence-electron chi connectivity index (χ3n) is 4.57. The van der Waals surface area contributed by atoms with Crippen LogP contribution >= 0.6 is 0 Å². The second-order valence-corrected chi connectivity index (χ2v) is 8.67. The fourth-order valence-corrected chi connectivity index (χ4v) is 4.82. The zero-order valence-electron chi connectivity index (χ0n) is 12.4. The first-order valence-corrected chi connectivity index (χ1v) is 9.67. The van der Waals surface area contributed by atoms with Gasteiger partial charge in [-0.3, -0.25) is 9.59 Å². The van der Waals surface area contributed by atoms with Crippen molar-refractivity contribution in [1.82, 2.24) is 10.6 Å². The van der Waals surface area contributed by atoms with Crippen LogP contribution in [0.5, 0.6) is 0 Å². The van der Waals surface area contributed by atoms with E-state index in [2.05, 4.69) is 10.6 Å². The van der Waals surface area contributed by atoms with Gasteiger partial charge in [-0.2, -0.15) is 0 Å². The molecule has 0 aromatic heterocycles. The minimum atomic E-state index is -3.00. The van der Waals surface area contributed by atoms with Crippen molar-refractivity contribution in [2.75, 3.05) is 24.7 Å². The molecule has 4 unspecified atom stereocenters. The Balaban J connectivity index is 1.39. The van der Waals surface area contributed by atoms with Crippen LogP contribution in [0.15, 0.2) is 0 Å². The van der Waals surface area contributed by atoms with Gasteiger partial charge in [0.05, 0.1) is 29.4 Å². The summed E-state index contributed by atoms with van der Waals surface area (Å²) in [6, 6.07) is -0.297. The van der Waals surface area contributed by atoms with Crippen molar-refractivity contribution in [2.24, 2.45) is 11.8 Å². The van der Waals surface area contributed by atoms with Crippen molar-refractivity contribution in [3.63, 3.8) is 0 Å². The van der Waals surface area contributed by atoms with Gasteiger partial charge in [-0.25, -0.2) is 8.42 Å². The molecule has 2 saturated heterocycles. The highest BCUT2D eigenvalue weighted by atomic mass is 32.2. The van der Waals surface area contributed by atoms with Crippen LogP contribution in [0, 0.1) is 11.8 Å². The minimum Gasteiger partial charge on any atom is -0.376 e. The van der Waals surface area contributed by atoms with Gasteiger partial charge in [-0.05, 0) is 25.7 Å². The third-order valence-corrected chi connectivity index (χ3v) is 6.34. The molecule has 124 valence electrons. The van der Waals surface area contributed by atoms with E-state index in [0.29, 0.717) is 19.4 Å². The van der Waals surface area contributed by atoms with Crippen LogP contribution in [-0.4, -0.2) is 57.0 Å². The number of amides is 2. The first-order valence-electron chi connectivity index (χ1n) is 7.85. The number of carbonyl (C=O) groups is 2. The van der Waals surface area contributed by atoms with Gasteiger partial charge >= 0.3 is 0 Å². The molecule has 0 aromatic rings. The quantitative estimate of drug-likeness (QED) is 0.689. The standard InChI is InChI=1S/C14H22N2O5S/c17-13(15-7-10-2-1-4-21-10)11-6-12(11)14(18)16-9-3-5-22(19,20)8-9/h9-12H,1-8H2,(H,15,17)(H,16,18). The molecular weight excluding hydrogens is 308 g/mol. The molecule has 0 radical (unpaired) electrons. The number of hydrogen-bond acceptors (Lipinski definition) is 5. The van der Waals surface area contributed by atoms with Gasteiger partial charge in [-0.15, -0.1) is 0 Å². The lowest BCUT2D eigenvalue weighted by atomic mass is 10.2. The predicted octanol–water partition coefficient (Wildman–Crippen LogP) is -0.779. The van der Waals surface area contributed by atoms with E-state index in [-0.39, 0.29) is 47.3 Å². The number of nitrogens with one attached hydrogen (secondary N) is 2. The summed E-state index contributed by atoms with van der Waals surface area (Å²) in [6.07, 6.45) is 3.10. The second kappa shape index (κ2) is 6.16. The monoisotopic (exact) mass is 330 g/mol. The Morgan fingerprint density at radius 3 is 2.55 bits per heavy atom. The average Bonchev–Trinajstić information content (AvgIpc) is 2.96. The summed E-state index contributed by atoms with van der Waals surface area (Å²) < 4.78 is 28.2. The molecule has 3 aliphatic rings. The van der Waals surface area contributed by atoms with Gasteiger partial charge in [0.15, 0.2) is 9.84 Å². The highest BCUT2D eigenvalue weighted by molar-refractivity contribution is 7.91. The van der Waals surface area contributed by atoms with E-state index in [1.807, 2.05) is 0 Å². The van der Waals surface area contributed by atoms with Crippen LogP contribution in [-0.2, 0) is 24.2 Å². The maximum Gasteiger partial charge on any atom is 0.224 e. The van der Waals surface area contributed by atoms with Gasteiger partial charge in [0.25, 0.3) is 0 Å². The lowest BCUT2D eigenvalue weighted by molar-refractivity contribution is -0.127. The Labute approximate surface area is 130 Å². The van der Waals surface area contributed by atoms with E-state index in [4.69, 9.17) is 4.74 Å². The first kappa shape index (κ1) is 15.7. The Morgan fingerprint density at radius 2 is 1.91 bits per heavy atom. The Morgan fingerprint density at radius 1 is 1.14 bits per heavy atom. The Kier molecular flexibility index (Phi) is 4.40. The van der Waals surface area contributed by atoms with E-state index >= 15 is 0 Å². The van der Waals surface area contributed by atoms with E-state index in [0.717, 1.165) is 19.4 Å². The molecule has 2 heterocycles. The molecule has 0 aromatic carbocycles. The summed E-state index contributed by atoms with van der Waals surface area (Å²) >= 11 is 0. The van der Waals surface area contributed by atoms with Gasteiger partial charge in [0.1, 0.15) is 0 Å². The van der Waals surface area contributed by atoms with E-state index < -0.39 is 9.84 Å². The molecule has 0 spiro atoms. The molecule has 2 amide bonds. The van der Waals surface area contributed by atoms with Crippen LogP contribution in [0.1, 0.15) is 25.7 Å². The van der Waals surface area contributed by atoms with Crippen LogP contribution in [0.2, 0.25) is 0 Å². The Hall–Kier alpha value is -1.15.